The van der Waals surface area contributed by atoms with Gasteiger partial charge < -0.3 is 14.8 Å². The van der Waals surface area contributed by atoms with E-state index >= 15 is 0 Å². The van der Waals surface area contributed by atoms with E-state index in [4.69, 9.17) is 0 Å². The minimum atomic E-state index is -0.702. The van der Waals surface area contributed by atoms with E-state index in [1.54, 1.807) is 29.0 Å². The monoisotopic (exact) mass is 329 g/mol. The average Bonchev–Trinajstić information content (AvgIpc) is 3.16. The molecule has 3 heterocycles. The Labute approximate surface area is 139 Å². The number of likely N-dealkylation sites (N-methyl/N-ethyl adjacent to an activating group) is 1. The van der Waals surface area contributed by atoms with Gasteiger partial charge in [-0.15, -0.1) is 0 Å². The molecule has 0 aliphatic carbocycles. The zero-order valence-corrected chi connectivity index (χ0v) is 13.6. The SMILES string of the molecule is CN1CCCC2(CCCN2C(=O)c2cc3cc(F)ccc3[nH]2)C1=O. The Morgan fingerprint density at radius 3 is 2.75 bits per heavy atom. The Morgan fingerprint density at radius 2 is 1.96 bits per heavy atom. The van der Waals surface area contributed by atoms with Crippen molar-refractivity contribution in [2.24, 2.45) is 0 Å². The third-order valence-corrected chi connectivity index (χ3v) is 5.38. The molecule has 0 bridgehead atoms. The molecular formula is C18H20FN3O2. The molecule has 24 heavy (non-hydrogen) atoms. The molecule has 1 aromatic heterocycles. The lowest BCUT2D eigenvalue weighted by Crippen LogP contribution is -2.60. The van der Waals surface area contributed by atoms with Crippen molar-refractivity contribution in [3.05, 3.63) is 35.8 Å². The molecule has 1 aromatic carbocycles. The number of benzene rings is 1. The van der Waals surface area contributed by atoms with E-state index < -0.39 is 5.54 Å². The van der Waals surface area contributed by atoms with E-state index in [1.807, 2.05) is 0 Å². The lowest BCUT2D eigenvalue weighted by Gasteiger charge is -2.43. The molecule has 5 nitrogen and oxygen atoms in total. The number of carbonyl (C=O) groups excluding carboxylic acids is 2. The summed E-state index contributed by atoms with van der Waals surface area (Å²) in [5.41, 5.74) is 0.435. The van der Waals surface area contributed by atoms with Crippen LogP contribution in [0.1, 0.15) is 36.2 Å². The number of aromatic nitrogens is 1. The molecule has 126 valence electrons. The Kier molecular flexibility index (Phi) is 3.37. The van der Waals surface area contributed by atoms with Crippen LogP contribution >= 0.6 is 0 Å². The minimum Gasteiger partial charge on any atom is -0.351 e. The summed E-state index contributed by atoms with van der Waals surface area (Å²) in [4.78, 5) is 32.4. The van der Waals surface area contributed by atoms with Crippen molar-refractivity contribution < 1.29 is 14.0 Å². The molecule has 1 atom stereocenters. The highest BCUT2D eigenvalue weighted by Crippen LogP contribution is 2.38. The van der Waals surface area contributed by atoms with Crippen molar-refractivity contribution in [1.82, 2.24) is 14.8 Å². The molecule has 2 aromatic rings. The summed E-state index contributed by atoms with van der Waals surface area (Å²) in [5.74, 6) is -0.461. The second-order valence-electron chi connectivity index (χ2n) is 6.84. The van der Waals surface area contributed by atoms with Gasteiger partial charge in [0.2, 0.25) is 5.91 Å². The molecule has 2 saturated heterocycles. The maximum absolute atomic E-state index is 13.4. The molecule has 1 unspecified atom stereocenters. The number of carbonyl (C=O) groups is 2. The van der Waals surface area contributed by atoms with Crippen molar-refractivity contribution in [2.45, 2.75) is 31.2 Å². The topological polar surface area (TPSA) is 56.4 Å². The quantitative estimate of drug-likeness (QED) is 0.874. The zero-order valence-electron chi connectivity index (χ0n) is 13.6. The summed E-state index contributed by atoms with van der Waals surface area (Å²) in [6.45, 7) is 1.33. The number of aromatic amines is 1. The van der Waals surface area contributed by atoms with Gasteiger partial charge in [-0.1, -0.05) is 0 Å². The molecule has 2 aliphatic rings. The van der Waals surface area contributed by atoms with Crippen LogP contribution in [0.5, 0.6) is 0 Å². The molecule has 0 radical (unpaired) electrons. The lowest BCUT2D eigenvalue weighted by atomic mass is 9.85. The first-order valence-electron chi connectivity index (χ1n) is 8.37. The van der Waals surface area contributed by atoms with Crippen molar-refractivity contribution in [2.75, 3.05) is 20.1 Å². The van der Waals surface area contributed by atoms with Gasteiger partial charge in [0.25, 0.3) is 5.91 Å². The Bertz CT molecular complexity index is 831. The second kappa shape index (κ2) is 5.33. The predicted octanol–water partition coefficient (Wildman–Crippen LogP) is 2.53. The molecule has 2 amide bonds. The van der Waals surface area contributed by atoms with Gasteiger partial charge in [-0.2, -0.15) is 0 Å². The Balaban J connectivity index is 1.70. The van der Waals surface area contributed by atoms with Crippen molar-refractivity contribution in [1.29, 1.82) is 0 Å². The van der Waals surface area contributed by atoms with Gasteiger partial charge in [0.05, 0.1) is 0 Å². The fourth-order valence-electron chi connectivity index (χ4n) is 4.19. The number of hydrogen-bond acceptors (Lipinski definition) is 2. The normalized spacial score (nSPS) is 24.3. The number of amides is 2. The van der Waals surface area contributed by atoms with Crippen molar-refractivity contribution in [3.63, 3.8) is 0 Å². The van der Waals surface area contributed by atoms with Crippen LogP contribution in [0.4, 0.5) is 4.39 Å². The molecule has 0 saturated carbocycles. The first-order valence-corrected chi connectivity index (χ1v) is 8.37. The summed E-state index contributed by atoms with van der Waals surface area (Å²) in [6, 6.07) is 6.07. The van der Waals surface area contributed by atoms with Gasteiger partial charge in [0, 0.05) is 31.0 Å². The lowest BCUT2D eigenvalue weighted by molar-refractivity contribution is -0.144. The smallest absolute Gasteiger partial charge is 0.271 e. The fourth-order valence-corrected chi connectivity index (χ4v) is 4.19. The number of H-pyrrole nitrogens is 1. The van der Waals surface area contributed by atoms with Crippen LogP contribution in [-0.2, 0) is 4.79 Å². The van der Waals surface area contributed by atoms with E-state index in [9.17, 15) is 14.0 Å². The predicted molar refractivity (Wildman–Crippen MR) is 88.1 cm³/mol. The van der Waals surface area contributed by atoms with E-state index in [0.29, 0.717) is 17.6 Å². The number of likely N-dealkylation sites (tertiary alicyclic amines) is 2. The molecule has 1 spiro atoms. The van der Waals surface area contributed by atoms with Crippen LogP contribution in [0.15, 0.2) is 24.3 Å². The molecular weight excluding hydrogens is 309 g/mol. The van der Waals surface area contributed by atoms with Crippen LogP contribution in [0.3, 0.4) is 0 Å². The molecule has 2 fully saturated rings. The van der Waals surface area contributed by atoms with Crippen LogP contribution in [0, 0.1) is 5.82 Å². The standard InChI is InChI=1S/C18H20FN3O2/c1-21-8-2-6-18(17(21)24)7-3-9-22(18)16(23)15-11-12-10-13(19)4-5-14(12)20-15/h4-5,10-11,20H,2-3,6-9H2,1H3. The average molecular weight is 329 g/mol. The van der Waals surface area contributed by atoms with Gasteiger partial charge in [-0.05, 0) is 49.9 Å². The highest BCUT2D eigenvalue weighted by Gasteiger charge is 2.52. The van der Waals surface area contributed by atoms with Crippen molar-refractivity contribution >= 4 is 22.7 Å². The van der Waals surface area contributed by atoms with Crippen LogP contribution in [-0.4, -0.2) is 52.3 Å². The molecule has 4 rings (SSSR count). The van der Waals surface area contributed by atoms with E-state index in [-0.39, 0.29) is 17.6 Å². The van der Waals surface area contributed by atoms with Crippen LogP contribution < -0.4 is 0 Å². The Morgan fingerprint density at radius 1 is 1.21 bits per heavy atom. The van der Waals surface area contributed by atoms with Gasteiger partial charge in [-0.3, -0.25) is 9.59 Å². The van der Waals surface area contributed by atoms with E-state index in [1.165, 1.54) is 12.1 Å². The number of nitrogens with one attached hydrogen (secondary N) is 1. The fraction of sp³-hybridized carbons (Fsp3) is 0.444. The number of hydrogen-bond donors (Lipinski definition) is 1. The number of piperidine rings is 1. The molecule has 6 heteroatoms. The van der Waals surface area contributed by atoms with Gasteiger partial charge in [-0.25, -0.2) is 4.39 Å². The highest BCUT2D eigenvalue weighted by molar-refractivity contribution is 6.02. The first kappa shape index (κ1) is 15.2. The third kappa shape index (κ3) is 2.12. The summed E-state index contributed by atoms with van der Waals surface area (Å²) in [5, 5.41) is 0.665. The third-order valence-electron chi connectivity index (χ3n) is 5.38. The van der Waals surface area contributed by atoms with E-state index in [2.05, 4.69) is 4.98 Å². The van der Waals surface area contributed by atoms with Crippen molar-refractivity contribution in [3.8, 4) is 0 Å². The zero-order chi connectivity index (χ0) is 16.9. The largest absolute Gasteiger partial charge is 0.351 e. The summed E-state index contributed by atoms with van der Waals surface area (Å²) in [6.07, 6.45) is 3.18. The number of rotatable bonds is 1. The molecule has 1 N–H and O–H groups in total. The first-order chi connectivity index (χ1) is 11.5. The van der Waals surface area contributed by atoms with Gasteiger partial charge in [0.1, 0.15) is 17.1 Å². The van der Waals surface area contributed by atoms with Gasteiger partial charge in [0.15, 0.2) is 0 Å². The number of fused-ring (bicyclic) bond motifs is 1. The number of halogens is 1. The second-order valence-corrected chi connectivity index (χ2v) is 6.84. The number of nitrogens with zero attached hydrogens (tertiary/aromatic N) is 2. The summed E-state index contributed by atoms with van der Waals surface area (Å²) >= 11 is 0. The molecule has 2 aliphatic heterocycles. The Hall–Kier alpha value is -2.37. The summed E-state index contributed by atoms with van der Waals surface area (Å²) < 4.78 is 13.4. The van der Waals surface area contributed by atoms with E-state index in [0.717, 1.165) is 37.7 Å². The minimum absolute atomic E-state index is 0.0433. The van der Waals surface area contributed by atoms with Gasteiger partial charge >= 0.3 is 0 Å². The highest BCUT2D eigenvalue weighted by atomic mass is 19.1. The summed E-state index contributed by atoms with van der Waals surface area (Å²) in [7, 11) is 1.80. The maximum Gasteiger partial charge on any atom is 0.271 e. The van der Waals surface area contributed by atoms with Crippen LogP contribution in [0.2, 0.25) is 0 Å². The van der Waals surface area contributed by atoms with Crippen LogP contribution in [0.25, 0.3) is 10.9 Å². The maximum atomic E-state index is 13.4.